The Balaban J connectivity index is 2.05. The smallest absolute Gasteiger partial charge is 0.305 e. The van der Waals surface area contributed by atoms with E-state index >= 15 is 0 Å². The first-order chi connectivity index (χ1) is 17.7. The number of esters is 2. The van der Waals surface area contributed by atoms with Crippen LogP contribution in [0.4, 0.5) is 0 Å². The molecule has 0 aliphatic carbocycles. The van der Waals surface area contributed by atoms with Crippen LogP contribution in [0.1, 0.15) is 155 Å². The number of carbonyl (C=O) groups excluding carboxylic acids is 2. The predicted octanol–water partition coefficient (Wildman–Crippen LogP) is 8.38. The normalized spacial score (nSPS) is 17.6. The van der Waals surface area contributed by atoms with Crippen LogP contribution in [0.5, 0.6) is 0 Å². The maximum atomic E-state index is 11.9. The summed E-state index contributed by atoms with van der Waals surface area (Å²) in [4.78, 5) is 26.2. The van der Waals surface area contributed by atoms with Gasteiger partial charge in [0.2, 0.25) is 0 Å². The van der Waals surface area contributed by atoms with Gasteiger partial charge >= 0.3 is 11.9 Å². The second-order valence-corrected chi connectivity index (χ2v) is 10.9. The van der Waals surface area contributed by atoms with E-state index in [4.69, 9.17) is 9.47 Å². The minimum atomic E-state index is -0.0733. The van der Waals surface area contributed by atoms with E-state index in [9.17, 15) is 9.59 Å². The Kier molecular flexibility index (Phi) is 23.4. The van der Waals surface area contributed by atoms with Gasteiger partial charge in [0, 0.05) is 25.9 Å². The molecular formula is C31H59NO4. The number of ether oxygens (including phenoxy) is 2. The Morgan fingerprint density at radius 1 is 0.528 bits per heavy atom. The monoisotopic (exact) mass is 509 g/mol. The van der Waals surface area contributed by atoms with Gasteiger partial charge in [0.25, 0.3) is 0 Å². The van der Waals surface area contributed by atoms with E-state index in [-0.39, 0.29) is 11.9 Å². The summed E-state index contributed by atoms with van der Waals surface area (Å²) in [5, 5.41) is 0. The van der Waals surface area contributed by atoms with Gasteiger partial charge in [-0.15, -0.1) is 0 Å². The number of carbonyl (C=O) groups is 2. The summed E-state index contributed by atoms with van der Waals surface area (Å²) in [5.74, 6) is -0.147. The third kappa shape index (κ3) is 22.1. The molecule has 1 rings (SSSR count). The fourth-order valence-electron chi connectivity index (χ4n) is 5.01. The highest BCUT2D eigenvalue weighted by Crippen LogP contribution is 2.14. The van der Waals surface area contributed by atoms with Gasteiger partial charge in [-0.05, 0) is 25.8 Å². The van der Waals surface area contributed by atoms with Crippen LogP contribution in [0.3, 0.4) is 0 Å². The largest absolute Gasteiger partial charge is 0.464 e. The molecule has 0 radical (unpaired) electrons. The molecule has 36 heavy (non-hydrogen) atoms. The van der Waals surface area contributed by atoms with Crippen LogP contribution < -0.4 is 0 Å². The molecule has 0 aromatic heterocycles. The van der Waals surface area contributed by atoms with Crippen molar-refractivity contribution in [2.24, 2.45) is 0 Å². The lowest BCUT2D eigenvalue weighted by molar-refractivity contribution is -0.144. The standard InChI is InChI=1S/C31H59NO4/c1-2-3-4-5-6-7-8-9-10-11-12-13-14-15-19-22-25-32-26-28-35-30(33)23-20-17-16-18-21-24-31(34)36-29-27-32/h2-29H2,1H3. The van der Waals surface area contributed by atoms with E-state index in [0.29, 0.717) is 26.1 Å². The van der Waals surface area contributed by atoms with E-state index in [1.807, 2.05) is 0 Å². The van der Waals surface area contributed by atoms with Crippen molar-refractivity contribution in [1.82, 2.24) is 4.90 Å². The van der Waals surface area contributed by atoms with Crippen LogP contribution in [0.25, 0.3) is 0 Å². The molecule has 212 valence electrons. The molecule has 5 nitrogen and oxygen atoms in total. The summed E-state index contributed by atoms with van der Waals surface area (Å²) in [6, 6.07) is 0. The first-order valence-corrected chi connectivity index (χ1v) is 15.8. The first kappa shape index (κ1) is 32.9. The number of hydrogen-bond donors (Lipinski definition) is 0. The molecular weight excluding hydrogens is 450 g/mol. The van der Waals surface area contributed by atoms with Crippen molar-refractivity contribution in [1.29, 1.82) is 0 Å². The first-order valence-electron chi connectivity index (χ1n) is 15.8. The molecule has 1 aliphatic heterocycles. The zero-order valence-corrected chi connectivity index (χ0v) is 23.9. The second-order valence-electron chi connectivity index (χ2n) is 10.9. The summed E-state index contributed by atoms with van der Waals surface area (Å²) in [5.41, 5.74) is 0. The summed E-state index contributed by atoms with van der Waals surface area (Å²) in [6.07, 6.45) is 27.9. The minimum Gasteiger partial charge on any atom is -0.464 e. The third-order valence-corrected chi connectivity index (χ3v) is 7.43. The van der Waals surface area contributed by atoms with Crippen molar-refractivity contribution in [3.05, 3.63) is 0 Å². The number of hydrogen-bond acceptors (Lipinski definition) is 5. The Labute approximate surface area is 223 Å². The lowest BCUT2D eigenvalue weighted by Crippen LogP contribution is -2.33. The Hall–Kier alpha value is -1.10. The average molecular weight is 510 g/mol. The number of nitrogens with zero attached hydrogens (tertiary/aromatic N) is 1. The molecule has 0 bridgehead atoms. The van der Waals surface area contributed by atoms with E-state index in [1.165, 1.54) is 96.3 Å². The predicted molar refractivity (Wildman–Crippen MR) is 150 cm³/mol. The fraction of sp³-hybridized carbons (Fsp3) is 0.935. The van der Waals surface area contributed by atoms with Gasteiger partial charge in [-0.2, -0.15) is 0 Å². The average Bonchev–Trinajstić information content (AvgIpc) is 2.87. The van der Waals surface area contributed by atoms with E-state index in [1.54, 1.807) is 0 Å². The van der Waals surface area contributed by atoms with Gasteiger partial charge in [-0.25, -0.2) is 0 Å². The number of cyclic esters (lactones) is 2. The molecule has 0 aromatic carbocycles. The third-order valence-electron chi connectivity index (χ3n) is 7.43. The van der Waals surface area contributed by atoms with Gasteiger partial charge in [0.05, 0.1) is 0 Å². The molecule has 0 unspecified atom stereocenters. The maximum absolute atomic E-state index is 11.9. The van der Waals surface area contributed by atoms with Crippen molar-refractivity contribution in [3.8, 4) is 0 Å². The maximum Gasteiger partial charge on any atom is 0.305 e. The highest BCUT2D eigenvalue weighted by molar-refractivity contribution is 5.69. The van der Waals surface area contributed by atoms with Crippen LogP contribution in [0.15, 0.2) is 0 Å². The van der Waals surface area contributed by atoms with Crippen molar-refractivity contribution >= 4 is 11.9 Å². The van der Waals surface area contributed by atoms with Gasteiger partial charge in [-0.3, -0.25) is 14.5 Å². The molecule has 5 heteroatoms. The van der Waals surface area contributed by atoms with Crippen LogP contribution >= 0.6 is 0 Å². The van der Waals surface area contributed by atoms with Crippen LogP contribution in [-0.2, 0) is 19.1 Å². The van der Waals surface area contributed by atoms with Crippen molar-refractivity contribution in [2.75, 3.05) is 32.8 Å². The van der Waals surface area contributed by atoms with E-state index in [2.05, 4.69) is 11.8 Å². The number of unbranched alkanes of at least 4 members (excludes halogenated alkanes) is 15. The Bertz CT molecular complexity index is 485. The van der Waals surface area contributed by atoms with Gasteiger partial charge < -0.3 is 9.47 Å². The summed E-state index contributed by atoms with van der Waals surface area (Å²) in [6.45, 7) is 5.58. The molecule has 0 amide bonds. The van der Waals surface area contributed by atoms with Gasteiger partial charge in [0.15, 0.2) is 0 Å². The van der Waals surface area contributed by atoms with E-state index < -0.39 is 0 Å². The number of rotatable bonds is 17. The zero-order chi connectivity index (χ0) is 25.9. The highest BCUT2D eigenvalue weighted by Gasteiger charge is 2.10. The Morgan fingerprint density at radius 3 is 1.31 bits per heavy atom. The minimum absolute atomic E-state index is 0.0733. The quantitative estimate of drug-likeness (QED) is 0.146. The molecule has 0 saturated carbocycles. The second kappa shape index (κ2) is 25.5. The molecule has 1 aliphatic rings. The zero-order valence-electron chi connectivity index (χ0n) is 23.9. The van der Waals surface area contributed by atoms with Crippen molar-refractivity contribution in [2.45, 2.75) is 155 Å². The van der Waals surface area contributed by atoms with Crippen LogP contribution in [-0.4, -0.2) is 49.7 Å². The van der Waals surface area contributed by atoms with E-state index in [0.717, 1.165) is 58.2 Å². The molecule has 0 aromatic rings. The highest BCUT2D eigenvalue weighted by atomic mass is 16.5. The molecule has 0 N–H and O–H groups in total. The summed E-state index contributed by atoms with van der Waals surface area (Å²) < 4.78 is 10.9. The molecule has 0 spiro atoms. The summed E-state index contributed by atoms with van der Waals surface area (Å²) in [7, 11) is 0. The van der Waals surface area contributed by atoms with Gasteiger partial charge in [-0.1, -0.05) is 122 Å². The topological polar surface area (TPSA) is 55.8 Å². The van der Waals surface area contributed by atoms with Crippen LogP contribution in [0.2, 0.25) is 0 Å². The lowest BCUT2D eigenvalue weighted by atomic mass is 10.0. The van der Waals surface area contributed by atoms with Crippen molar-refractivity contribution < 1.29 is 19.1 Å². The van der Waals surface area contributed by atoms with Gasteiger partial charge in [0.1, 0.15) is 13.2 Å². The molecule has 1 heterocycles. The van der Waals surface area contributed by atoms with Crippen molar-refractivity contribution in [3.63, 3.8) is 0 Å². The van der Waals surface area contributed by atoms with Crippen LogP contribution in [0, 0.1) is 0 Å². The summed E-state index contributed by atoms with van der Waals surface area (Å²) >= 11 is 0. The lowest BCUT2D eigenvalue weighted by Gasteiger charge is -2.22. The Morgan fingerprint density at radius 2 is 0.889 bits per heavy atom. The molecule has 1 fully saturated rings. The molecule has 1 saturated heterocycles. The SMILES string of the molecule is CCCCCCCCCCCCCCCCCCN1CCOC(=O)CCCCCCCC(=O)OCC1. The molecule has 0 atom stereocenters. The fourth-order valence-corrected chi connectivity index (χ4v) is 5.01.